The van der Waals surface area contributed by atoms with Gasteiger partial charge in [-0.15, -0.1) is 0 Å². The summed E-state index contributed by atoms with van der Waals surface area (Å²) in [7, 11) is 0. The van der Waals surface area contributed by atoms with Gasteiger partial charge in [0.15, 0.2) is 0 Å². The summed E-state index contributed by atoms with van der Waals surface area (Å²) < 4.78 is 7.81. The van der Waals surface area contributed by atoms with Crippen LogP contribution in [0.5, 0.6) is 0 Å². The highest BCUT2D eigenvalue weighted by molar-refractivity contribution is 5.78. The van der Waals surface area contributed by atoms with Gasteiger partial charge in [-0.25, -0.2) is 4.98 Å². The maximum atomic E-state index is 12.8. The van der Waals surface area contributed by atoms with E-state index in [0.717, 1.165) is 36.2 Å². The van der Waals surface area contributed by atoms with Crippen LogP contribution in [0.2, 0.25) is 0 Å². The predicted molar refractivity (Wildman–Crippen MR) is 97.9 cm³/mol. The zero-order valence-electron chi connectivity index (χ0n) is 15.5. The number of aryl methyl sites for hydroxylation is 1. The minimum absolute atomic E-state index is 0.130. The average molecular weight is 357 g/mol. The molecule has 2 atom stereocenters. The highest BCUT2D eigenvalue weighted by atomic mass is 16.5. The smallest absolute Gasteiger partial charge is 0.228 e. The van der Waals surface area contributed by atoms with Crippen molar-refractivity contribution in [1.82, 2.24) is 14.3 Å². The fourth-order valence-electron chi connectivity index (χ4n) is 4.59. The monoisotopic (exact) mass is 357 g/mol. The second-order valence-corrected chi connectivity index (χ2v) is 7.62. The van der Waals surface area contributed by atoms with E-state index in [-0.39, 0.29) is 23.5 Å². The van der Waals surface area contributed by atoms with E-state index in [0.29, 0.717) is 26.1 Å². The summed E-state index contributed by atoms with van der Waals surface area (Å²) in [6, 6.07) is 4.01. The molecule has 2 fully saturated rings. The quantitative estimate of drug-likeness (QED) is 0.908. The van der Waals surface area contributed by atoms with Crippen LogP contribution >= 0.6 is 0 Å². The summed E-state index contributed by atoms with van der Waals surface area (Å²) in [5, 5.41) is 10.3. The van der Waals surface area contributed by atoms with Crippen molar-refractivity contribution in [2.45, 2.75) is 51.7 Å². The normalized spacial score (nSPS) is 24.8. The third-order valence-corrected chi connectivity index (χ3v) is 6.30. The molecule has 1 N–H and O–H groups in total. The van der Waals surface area contributed by atoms with Gasteiger partial charge in [-0.3, -0.25) is 4.79 Å². The zero-order chi connectivity index (χ0) is 18.3. The molecule has 0 bridgehead atoms. The van der Waals surface area contributed by atoms with Crippen molar-refractivity contribution in [3.05, 3.63) is 35.8 Å². The lowest BCUT2D eigenvalue weighted by atomic mass is 9.58. The number of aliphatic hydroxyl groups excluding tert-OH is 1. The number of nitrogens with zero attached hydrogens (tertiary/aromatic N) is 3. The molecule has 2 aliphatic rings. The first-order valence-electron chi connectivity index (χ1n) is 9.54. The molecule has 6 heteroatoms. The first kappa shape index (κ1) is 17.5. The molecule has 140 valence electrons. The van der Waals surface area contributed by atoms with Crippen LogP contribution in [0.1, 0.15) is 37.4 Å². The van der Waals surface area contributed by atoms with Crippen LogP contribution in [0.25, 0.3) is 5.65 Å². The molecule has 26 heavy (non-hydrogen) atoms. The molecule has 1 amide bonds. The van der Waals surface area contributed by atoms with Gasteiger partial charge in [0.2, 0.25) is 5.91 Å². The van der Waals surface area contributed by atoms with Crippen molar-refractivity contribution < 1.29 is 14.6 Å². The van der Waals surface area contributed by atoms with E-state index < -0.39 is 0 Å². The minimum atomic E-state index is -0.293. The number of fused-ring (bicyclic) bond motifs is 1. The van der Waals surface area contributed by atoms with Crippen LogP contribution in [0, 0.1) is 12.3 Å². The van der Waals surface area contributed by atoms with Crippen molar-refractivity contribution in [2.75, 3.05) is 19.7 Å². The van der Waals surface area contributed by atoms with Gasteiger partial charge in [-0.1, -0.05) is 6.07 Å². The third-order valence-electron chi connectivity index (χ3n) is 6.30. The molecule has 0 aromatic carbocycles. The highest BCUT2D eigenvalue weighted by Gasteiger charge is 2.56. The second-order valence-electron chi connectivity index (χ2n) is 7.62. The molecule has 3 heterocycles. The Labute approximate surface area is 153 Å². The van der Waals surface area contributed by atoms with Crippen LogP contribution in [-0.4, -0.2) is 57.2 Å². The number of carbonyl (C=O) groups excluding carboxylic acids is 1. The average Bonchev–Trinajstić information content (AvgIpc) is 3.06. The number of hydrogen-bond donors (Lipinski definition) is 1. The summed E-state index contributed by atoms with van der Waals surface area (Å²) in [6.45, 7) is 6.07. The van der Waals surface area contributed by atoms with Crippen LogP contribution in [0.4, 0.5) is 0 Å². The van der Waals surface area contributed by atoms with Crippen molar-refractivity contribution in [2.24, 2.45) is 5.41 Å². The van der Waals surface area contributed by atoms with Crippen LogP contribution in [0.3, 0.4) is 0 Å². The molecular formula is C20H27N3O3. The predicted octanol–water partition coefficient (Wildman–Crippen LogP) is 1.96. The minimum Gasteiger partial charge on any atom is -0.392 e. The van der Waals surface area contributed by atoms with Crippen LogP contribution < -0.4 is 0 Å². The van der Waals surface area contributed by atoms with Gasteiger partial charge >= 0.3 is 0 Å². The molecule has 1 aliphatic heterocycles. The van der Waals surface area contributed by atoms with Gasteiger partial charge in [0.05, 0.1) is 24.3 Å². The summed E-state index contributed by atoms with van der Waals surface area (Å²) in [4.78, 5) is 19.2. The number of aromatic nitrogens is 2. The van der Waals surface area contributed by atoms with E-state index >= 15 is 0 Å². The zero-order valence-corrected chi connectivity index (χ0v) is 15.5. The number of imidazole rings is 1. The second kappa shape index (κ2) is 6.67. The van der Waals surface area contributed by atoms with Gasteiger partial charge in [0.25, 0.3) is 0 Å². The van der Waals surface area contributed by atoms with E-state index in [1.807, 2.05) is 41.5 Å². The van der Waals surface area contributed by atoms with E-state index in [1.54, 1.807) is 6.20 Å². The summed E-state index contributed by atoms with van der Waals surface area (Å²) in [5.74, 6) is 0.130. The van der Waals surface area contributed by atoms with Crippen LogP contribution in [-0.2, 0) is 16.0 Å². The SMILES string of the molecule is CCO[C@H]1C[C@@H](O)C12CCN(C(=O)Cc1cnc3c(C)cccn13)CC2. The fraction of sp³-hybridized carbons (Fsp3) is 0.600. The third kappa shape index (κ3) is 2.72. The van der Waals surface area contributed by atoms with Gasteiger partial charge in [-0.2, -0.15) is 0 Å². The van der Waals surface area contributed by atoms with Gasteiger partial charge in [0.1, 0.15) is 5.65 Å². The molecule has 1 spiro atoms. The topological polar surface area (TPSA) is 67.1 Å². The van der Waals surface area contributed by atoms with Crippen molar-refractivity contribution in [1.29, 1.82) is 0 Å². The Morgan fingerprint density at radius 1 is 1.42 bits per heavy atom. The molecule has 4 rings (SSSR count). The first-order valence-corrected chi connectivity index (χ1v) is 9.54. The molecule has 0 unspecified atom stereocenters. The largest absolute Gasteiger partial charge is 0.392 e. The van der Waals surface area contributed by atoms with Crippen molar-refractivity contribution >= 4 is 11.6 Å². The van der Waals surface area contributed by atoms with Gasteiger partial charge in [0, 0.05) is 43.9 Å². The molecular weight excluding hydrogens is 330 g/mol. The molecule has 1 saturated heterocycles. The van der Waals surface area contributed by atoms with E-state index in [9.17, 15) is 9.90 Å². The van der Waals surface area contributed by atoms with Crippen molar-refractivity contribution in [3.63, 3.8) is 0 Å². The lowest BCUT2D eigenvalue weighted by Crippen LogP contribution is -2.62. The Balaban J connectivity index is 1.41. The Bertz CT molecular complexity index is 806. The molecule has 2 aromatic heterocycles. The first-order chi connectivity index (χ1) is 12.5. The lowest BCUT2D eigenvalue weighted by molar-refractivity contribution is -0.210. The fourth-order valence-corrected chi connectivity index (χ4v) is 4.59. The maximum absolute atomic E-state index is 12.8. The number of ether oxygens (including phenoxy) is 1. The summed E-state index contributed by atoms with van der Waals surface area (Å²) >= 11 is 0. The van der Waals surface area contributed by atoms with E-state index in [2.05, 4.69) is 4.98 Å². The Morgan fingerprint density at radius 2 is 2.19 bits per heavy atom. The van der Waals surface area contributed by atoms with Crippen molar-refractivity contribution in [3.8, 4) is 0 Å². The number of carbonyl (C=O) groups is 1. The highest BCUT2D eigenvalue weighted by Crippen LogP contribution is 2.50. The molecule has 6 nitrogen and oxygen atoms in total. The number of rotatable bonds is 4. The molecule has 1 aliphatic carbocycles. The molecule has 2 aromatic rings. The lowest BCUT2D eigenvalue weighted by Gasteiger charge is -2.56. The summed E-state index contributed by atoms with van der Waals surface area (Å²) in [5.41, 5.74) is 2.79. The Hall–Kier alpha value is -1.92. The number of likely N-dealkylation sites (tertiary alicyclic amines) is 1. The standard InChI is InChI=1S/C20H27N3O3/c1-3-26-17-12-16(24)20(17)6-9-22(10-7-20)18(25)11-15-13-21-19-14(2)5-4-8-23(15)19/h4-5,8,13,16-17,24H,3,6-7,9-12H2,1-2H3/t16-,17+/m1/s1. The Morgan fingerprint density at radius 3 is 2.88 bits per heavy atom. The number of hydrogen-bond acceptors (Lipinski definition) is 4. The van der Waals surface area contributed by atoms with Gasteiger partial charge in [-0.05, 0) is 38.3 Å². The number of piperidine rings is 1. The maximum Gasteiger partial charge on any atom is 0.228 e. The van der Waals surface area contributed by atoms with E-state index in [4.69, 9.17) is 4.74 Å². The number of aliphatic hydroxyl groups is 1. The Kier molecular flexibility index (Phi) is 4.49. The van der Waals surface area contributed by atoms with Crippen LogP contribution in [0.15, 0.2) is 24.5 Å². The molecule has 1 saturated carbocycles. The van der Waals surface area contributed by atoms with E-state index in [1.165, 1.54) is 0 Å². The number of amides is 1. The number of pyridine rings is 1. The molecule has 0 radical (unpaired) electrons. The summed E-state index contributed by atoms with van der Waals surface area (Å²) in [6.07, 6.45) is 6.32. The van der Waals surface area contributed by atoms with Gasteiger partial charge < -0.3 is 19.1 Å².